The maximum atomic E-state index is 6.96. The second-order valence-corrected chi connectivity index (χ2v) is 16.0. The lowest BCUT2D eigenvalue weighted by Gasteiger charge is -2.63. The largest absolute Gasteiger partial charge is 0.378 e. The zero-order valence-electron chi connectivity index (χ0n) is 29.1. The normalized spacial score (nSPS) is 38.0. The molecule has 4 saturated carbocycles. The highest BCUT2D eigenvalue weighted by Gasteiger charge is 2.64. The molecular formula is C38H73N3O2. The van der Waals surface area contributed by atoms with Gasteiger partial charge in [-0.25, -0.2) is 0 Å². The molecule has 5 N–H and O–H groups in total. The minimum Gasteiger partial charge on any atom is -0.378 e. The van der Waals surface area contributed by atoms with Crippen molar-refractivity contribution in [1.82, 2.24) is 5.32 Å². The highest BCUT2D eigenvalue weighted by atomic mass is 16.5. The van der Waals surface area contributed by atoms with Crippen molar-refractivity contribution in [1.29, 1.82) is 0 Å². The maximum absolute atomic E-state index is 6.96. The molecule has 0 heterocycles. The fourth-order valence-corrected chi connectivity index (χ4v) is 11.1. The van der Waals surface area contributed by atoms with Crippen LogP contribution in [0.3, 0.4) is 0 Å². The summed E-state index contributed by atoms with van der Waals surface area (Å²) in [5.41, 5.74) is 12.4. The molecule has 0 saturated heterocycles. The monoisotopic (exact) mass is 604 g/mol. The van der Waals surface area contributed by atoms with Crippen molar-refractivity contribution in [3.8, 4) is 0 Å². The number of ether oxygens (including phenoxy) is 2. The molecule has 0 radical (unpaired) electrons. The number of nitrogens with one attached hydrogen (secondary N) is 1. The van der Waals surface area contributed by atoms with Crippen molar-refractivity contribution in [2.75, 3.05) is 39.4 Å². The van der Waals surface area contributed by atoms with Crippen LogP contribution in [0.1, 0.15) is 143 Å². The van der Waals surface area contributed by atoms with Crippen LogP contribution in [0.4, 0.5) is 0 Å². The lowest BCUT2D eigenvalue weighted by atomic mass is 9.43. The van der Waals surface area contributed by atoms with Gasteiger partial charge in [-0.1, -0.05) is 59.8 Å². The zero-order valence-corrected chi connectivity index (χ0v) is 29.1. The standard InChI is InChI=1S/C38H73N3O2/c1-5-6-7-8-9-10-23-41-24-11-14-29(2)33-17-18-34-32-16-15-30-27-31(42-25-12-21-39)19-20-37(30,3)35(32)28-36(38(33,34)4)43-26-13-22-40/h29-36,41H,5-28,39-40H2,1-4H3/t29-,30?,31-,32?,33-,34+,35+,36+,37?,38?/m1/s1. The van der Waals surface area contributed by atoms with Gasteiger partial charge in [-0.15, -0.1) is 0 Å². The van der Waals surface area contributed by atoms with Gasteiger partial charge in [-0.2, -0.15) is 0 Å². The van der Waals surface area contributed by atoms with E-state index in [-0.39, 0.29) is 0 Å². The van der Waals surface area contributed by atoms with E-state index in [0.29, 0.717) is 23.0 Å². The first-order chi connectivity index (χ1) is 20.9. The summed E-state index contributed by atoms with van der Waals surface area (Å²) in [4.78, 5) is 0. The third kappa shape index (κ3) is 8.59. The number of fused-ring (bicyclic) bond motifs is 5. The molecule has 4 rings (SSSR count). The predicted octanol–water partition coefficient (Wildman–Crippen LogP) is 8.09. The van der Waals surface area contributed by atoms with Crippen molar-refractivity contribution >= 4 is 0 Å². The Balaban J connectivity index is 1.35. The summed E-state index contributed by atoms with van der Waals surface area (Å²) >= 11 is 0. The second kappa shape index (κ2) is 17.6. The third-order valence-corrected chi connectivity index (χ3v) is 13.5. The fraction of sp³-hybridized carbons (Fsp3) is 1.00. The molecule has 4 aliphatic carbocycles. The van der Waals surface area contributed by atoms with Gasteiger partial charge in [0.25, 0.3) is 0 Å². The van der Waals surface area contributed by atoms with Crippen LogP contribution in [-0.4, -0.2) is 51.6 Å². The molecular weight excluding hydrogens is 530 g/mol. The van der Waals surface area contributed by atoms with Gasteiger partial charge < -0.3 is 26.3 Å². The van der Waals surface area contributed by atoms with Gasteiger partial charge >= 0.3 is 0 Å². The van der Waals surface area contributed by atoms with Gasteiger partial charge in [-0.05, 0) is 156 Å². The summed E-state index contributed by atoms with van der Waals surface area (Å²) in [6, 6.07) is 0. The van der Waals surface area contributed by atoms with Crippen LogP contribution in [0.5, 0.6) is 0 Å². The number of hydrogen-bond acceptors (Lipinski definition) is 5. The van der Waals surface area contributed by atoms with E-state index in [1.54, 1.807) is 0 Å². The summed E-state index contributed by atoms with van der Waals surface area (Å²) in [7, 11) is 0. The zero-order chi connectivity index (χ0) is 30.7. The Kier molecular flexibility index (Phi) is 14.6. The van der Waals surface area contributed by atoms with Crippen molar-refractivity contribution in [3.63, 3.8) is 0 Å². The Labute approximate surface area is 267 Å². The maximum Gasteiger partial charge on any atom is 0.0637 e. The lowest BCUT2D eigenvalue weighted by molar-refractivity contribution is -0.192. The van der Waals surface area contributed by atoms with E-state index in [2.05, 4.69) is 33.0 Å². The van der Waals surface area contributed by atoms with Gasteiger partial charge in [0, 0.05) is 13.2 Å². The summed E-state index contributed by atoms with van der Waals surface area (Å²) < 4.78 is 13.3. The van der Waals surface area contributed by atoms with E-state index in [1.165, 1.54) is 116 Å². The Bertz CT molecular complexity index is 780. The Morgan fingerprint density at radius 1 is 0.767 bits per heavy atom. The highest BCUT2D eigenvalue weighted by Crippen LogP contribution is 2.69. The summed E-state index contributed by atoms with van der Waals surface area (Å²) in [5.74, 6) is 4.88. The lowest BCUT2D eigenvalue weighted by Crippen LogP contribution is -2.59. The van der Waals surface area contributed by atoms with Crippen LogP contribution in [-0.2, 0) is 9.47 Å². The van der Waals surface area contributed by atoms with Gasteiger partial charge in [0.05, 0.1) is 12.2 Å². The fourth-order valence-electron chi connectivity index (χ4n) is 11.1. The van der Waals surface area contributed by atoms with E-state index < -0.39 is 0 Å². The van der Waals surface area contributed by atoms with E-state index in [0.717, 1.165) is 74.7 Å². The topological polar surface area (TPSA) is 82.5 Å². The van der Waals surface area contributed by atoms with Crippen LogP contribution in [0.25, 0.3) is 0 Å². The molecule has 5 nitrogen and oxygen atoms in total. The molecule has 0 spiro atoms. The highest BCUT2D eigenvalue weighted by molar-refractivity contribution is 5.13. The summed E-state index contributed by atoms with van der Waals surface area (Å²) in [6.45, 7) is 15.8. The minimum absolute atomic E-state index is 0.312. The van der Waals surface area contributed by atoms with Gasteiger partial charge in [0.2, 0.25) is 0 Å². The first-order valence-electron chi connectivity index (χ1n) is 19.2. The molecule has 0 bridgehead atoms. The van der Waals surface area contributed by atoms with Crippen molar-refractivity contribution in [2.24, 2.45) is 57.8 Å². The first-order valence-corrected chi connectivity index (χ1v) is 19.2. The molecule has 4 fully saturated rings. The summed E-state index contributed by atoms with van der Waals surface area (Å²) in [6.07, 6.45) is 24.5. The molecule has 0 aliphatic heterocycles. The summed E-state index contributed by atoms with van der Waals surface area (Å²) in [5, 5.41) is 3.77. The van der Waals surface area contributed by atoms with E-state index in [9.17, 15) is 0 Å². The second-order valence-electron chi connectivity index (χ2n) is 16.0. The van der Waals surface area contributed by atoms with Crippen LogP contribution < -0.4 is 16.8 Å². The minimum atomic E-state index is 0.312. The molecule has 252 valence electrons. The molecule has 0 amide bonds. The van der Waals surface area contributed by atoms with Crippen LogP contribution >= 0.6 is 0 Å². The van der Waals surface area contributed by atoms with E-state index in [4.69, 9.17) is 20.9 Å². The molecule has 0 aromatic heterocycles. The first kappa shape index (κ1) is 35.7. The Morgan fingerprint density at radius 3 is 2.26 bits per heavy atom. The van der Waals surface area contributed by atoms with E-state index in [1.807, 2.05) is 0 Å². The van der Waals surface area contributed by atoms with Gasteiger partial charge in [-0.3, -0.25) is 0 Å². The smallest absolute Gasteiger partial charge is 0.0637 e. The van der Waals surface area contributed by atoms with E-state index >= 15 is 0 Å². The third-order valence-electron chi connectivity index (χ3n) is 13.5. The molecule has 10 atom stereocenters. The number of rotatable bonds is 20. The molecule has 43 heavy (non-hydrogen) atoms. The SMILES string of the molecule is CCCCCCCCNCCC[C@@H](C)[C@H]1CC[C@H]2C3CCC4C[C@H](OCCCN)CCC4(C)[C@H]3C[C@H](OCCCN)C12C. The average molecular weight is 604 g/mol. The number of unbranched alkanes of at least 4 members (excludes halogenated alkanes) is 5. The molecule has 4 unspecified atom stereocenters. The Hall–Kier alpha value is -0.200. The van der Waals surface area contributed by atoms with Crippen LogP contribution in [0.2, 0.25) is 0 Å². The predicted molar refractivity (Wildman–Crippen MR) is 182 cm³/mol. The van der Waals surface area contributed by atoms with Gasteiger partial charge in [0.1, 0.15) is 0 Å². The van der Waals surface area contributed by atoms with Crippen molar-refractivity contribution < 1.29 is 9.47 Å². The van der Waals surface area contributed by atoms with Crippen molar-refractivity contribution in [2.45, 2.75) is 155 Å². The quantitative estimate of drug-likeness (QED) is 0.123. The molecule has 0 aromatic carbocycles. The Morgan fingerprint density at radius 2 is 1.49 bits per heavy atom. The van der Waals surface area contributed by atoms with Crippen LogP contribution in [0, 0.1) is 46.3 Å². The molecule has 0 aromatic rings. The molecule has 4 aliphatic rings. The molecule has 5 heteroatoms. The number of nitrogens with two attached hydrogens (primary N) is 2. The van der Waals surface area contributed by atoms with Gasteiger partial charge in [0.15, 0.2) is 0 Å². The van der Waals surface area contributed by atoms with Crippen molar-refractivity contribution in [3.05, 3.63) is 0 Å². The van der Waals surface area contributed by atoms with Crippen LogP contribution in [0.15, 0.2) is 0 Å². The number of hydrogen-bond donors (Lipinski definition) is 3. The average Bonchev–Trinajstić information content (AvgIpc) is 3.37.